The normalized spacial score (nSPS) is 23.2. The topological polar surface area (TPSA) is 214 Å². The molecule has 15 heteroatoms. The zero-order valence-corrected chi connectivity index (χ0v) is 29.3. The summed E-state index contributed by atoms with van der Waals surface area (Å²) < 4.78 is 27.6. The van der Waals surface area contributed by atoms with Crippen molar-refractivity contribution in [2.45, 2.75) is 96.8 Å². The number of Topliss-reactive ketones (excluding diaryl/α,β-unsaturated/α-hetero) is 1. The van der Waals surface area contributed by atoms with E-state index in [0.717, 1.165) is 12.8 Å². The van der Waals surface area contributed by atoms with Crippen molar-refractivity contribution < 1.29 is 37.2 Å². The molecule has 1 aromatic rings. The number of hydrogen-bond acceptors (Lipinski definition) is 8. The molecular weight excluding hydrogens is 640 g/mol. The van der Waals surface area contributed by atoms with Gasteiger partial charge in [0.15, 0.2) is 0 Å². The number of urea groups is 1. The number of nitrogens with two attached hydrogens (primary N) is 1. The summed E-state index contributed by atoms with van der Waals surface area (Å²) >= 11 is 0. The Kier molecular flexibility index (Phi) is 10.3. The van der Waals surface area contributed by atoms with E-state index in [1.54, 1.807) is 40.7 Å². The van der Waals surface area contributed by atoms with Crippen LogP contribution >= 0.6 is 0 Å². The van der Waals surface area contributed by atoms with Gasteiger partial charge < -0.3 is 26.6 Å². The predicted molar refractivity (Wildman–Crippen MR) is 175 cm³/mol. The Morgan fingerprint density at radius 2 is 1.58 bits per heavy atom. The van der Waals surface area contributed by atoms with Gasteiger partial charge in [-0.05, 0) is 53.1 Å². The van der Waals surface area contributed by atoms with E-state index in [-0.39, 0.29) is 41.0 Å². The molecule has 14 nitrogen and oxygen atoms in total. The molecule has 0 bridgehead atoms. The van der Waals surface area contributed by atoms with Gasteiger partial charge in [0.2, 0.25) is 17.6 Å². The van der Waals surface area contributed by atoms with E-state index in [1.807, 2.05) is 18.6 Å². The number of nitrogens with zero attached hydrogens (tertiary/aromatic N) is 1. The molecule has 48 heavy (non-hydrogen) atoms. The molecule has 0 aromatic heterocycles. The standard InChI is InChI=1S/C33H48N6O8S/c1-17(2)23(28(42)38-48(46,47)19-11-9-8-10-12-19)36-31(45)37-26(32(3,4)5)30(44)39-16-20-22(33(20,6)7)24(39)29(43)35-21(15-18-13-14-18)25(40)27(34)41/h8-12,17-18,20-24,26H,13-16H2,1-7H3,(H2,34,41)(H,35,43)(H,38,42)(H2,36,37,45)/t20-,21?,22?,23-,24-,26+/m0/s1. The molecule has 1 aliphatic heterocycles. The zero-order valence-electron chi connectivity index (χ0n) is 28.5. The first kappa shape index (κ1) is 36.8. The van der Waals surface area contributed by atoms with E-state index in [9.17, 15) is 37.2 Å². The first-order valence-electron chi connectivity index (χ1n) is 16.3. The van der Waals surface area contributed by atoms with Gasteiger partial charge in [-0.2, -0.15) is 0 Å². The van der Waals surface area contributed by atoms with Crippen LogP contribution in [0.5, 0.6) is 0 Å². The molecule has 1 saturated heterocycles. The molecule has 6 N–H and O–H groups in total. The number of ketones is 1. The Balaban J connectivity index is 1.51. The third-order valence-electron chi connectivity index (χ3n) is 9.81. The summed E-state index contributed by atoms with van der Waals surface area (Å²) in [5, 5.41) is 7.90. The van der Waals surface area contributed by atoms with Gasteiger partial charge in [0, 0.05) is 6.54 Å². The summed E-state index contributed by atoms with van der Waals surface area (Å²) in [7, 11) is -4.21. The molecule has 4 rings (SSSR count). The predicted octanol–water partition coefficient (Wildman–Crippen LogP) is 1.05. The maximum absolute atomic E-state index is 14.2. The molecule has 2 saturated carbocycles. The molecule has 6 atom stereocenters. The highest BCUT2D eigenvalue weighted by Gasteiger charge is 2.70. The van der Waals surface area contributed by atoms with E-state index in [1.165, 1.54) is 29.2 Å². The first-order chi connectivity index (χ1) is 22.2. The second-order valence-electron chi connectivity index (χ2n) is 15.3. The third kappa shape index (κ3) is 7.99. The van der Waals surface area contributed by atoms with Crippen LogP contribution in [0.2, 0.25) is 0 Å². The fourth-order valence-corrected chi connectivity index (χ4v) is 7.70. The highest BCUT2D eigenvalue weighted by molar-refractivity contribution is 7.90. The van der Waals surface area contributed by atoms with Gasteiger partial charge in [-0.1, -0.05) is 79.5 Å². The molecule has 3 fully saturated rings. The third-order valence-corrected chi connectivity index (χ3v) is 11.2. The minimum atomic E-state index is -4.21. The maximum atomic E-state index is 14.2. The average molecular weight is 689 g/mol. The monoisotopic (exact) mass is 688 g/mol. The van der Waals surface area contributed by atoms with Gasteiger partial charge in [0.25, 0.3) is 21.8 Å². The number of primary amides is 1. The second kappa shape index (κ2) is 13.5. The summed E-state index contributed by atoms with van der Waals surface area (Å²) in [5.74, 6) is -4.60. The van der Waals surface area contributed by atoms with E-state index in [4.69, 9.17) is 5.73 Å². The van der Waals surface area contributed by atoms with Crippen molar-refractivity contribution in [1.82, 2.24) is 25.6 Å². The summed E-state index contributed by atoms with van der Waals surface area (Å²) in [4.78, 5) is 80.2. The summed E-state index contributed by atoms with van der Waals surface area (Å²) in [6.07, 6.45) is 2.05. The summed E-state index contributed by atoms with van der Waals surface area (Å²) in [5.41, 5.74) is 4.16. The Morgan fingerprint density at radius 1 is 0.979 bits per heavy atom. The minimum Gasteiger partial charge on any atom is -0.363 e. The van der Waals surface area contributed by atoms with Crippen molar-refractivity contribution in [3.63, 3.8) is 0 Å². The lowest BCUT2D eigenvalue weighted by atomic mass is 9.85. The van der Waals surface area contributed by atoms with E-state index >= 15 is 0 Å². The molecule has 264 valence electrons. The van der Waals surface area contributed by atoms with Crippen molar-refractivity contribution >= 4 is 45.5 Å². The second-order valence-corrected chi connectivity index (χ2v) is 17.0. The smallest absolute Gasteiger partial charge is 0.316 e. The van der Waals surface area contributed by atoms with Crippen molar-refractivity contribution in [2.75, 3.05) is 6.54 Å². The molecular formula is C33H48N6O8S. The number of sulfonamides is 1. The van der Waals surface area contributed by atoms with Gasteiger partial charge in [-0.25, -0.2) is 17.9 Å². The summed E-state index contributed by atoms with van der Waals surface area (Å²) in [6.45, 7) is 12.7. The van der Waals surface area contributed by atoms with Crippen LogP contribution in [0, 0.1) is 34.5 Å². The van der Waals surface area contributed by atoms with Crippen LogP contribution in [0.25, 0.3) is 0 Å². The molecule has 6 amide bonds. The minimum absolute atomic E-state index is 0.000879. The van der Waals surface area contributed by atoms with Crippen LogP contribution < -0.4 is 26.4 Å². The van der Waals surface area contributed by atoms with Crippen molar-refractivity contribution in [3.8, 4) is 0 Å². The average Bonchev–Trinajstić information content (AvgIpc) is 3.84. The van der Waals surface area contributed by atoms with Crippen LogP contribution in [0.15, 0.2) is 35.2 Å². The van der Waals surface area contributed by atoms with Crippen molar-refractivity contribution in [1.29, 1.82) is 0 Å². The zero-order chi connectivity index (χ0) is 35.9. The number of benzene rings is 1. The van der Waals surface area contributed by atoms with Gasteiger partial charge in [-0.15, -0.1) is 0 Å². The molecule has 2 unspecified atom stereocenters. The quantitative estimate of drug-likeness (QED) is 0.189. The van der Waals surface area contributed by atoms with Gasteiger partial charge in [0.05, 0.1) is 10.9 Å². The summed E-state index contributed by atoms with van der Waals surface area (Å²) in [6, 6.07) is 1.97. The number of hydrogen-bond donors (Lipinski definition) is 5. The fourth-order valence-electron chi connectivity index (χ4n) is 6.68. The lowest BCUT2D eigenvalue weighted by molar-refractivity contribution is -0.145. The Labute approximate surface area is 281 Å². The molecule has 1 heterocycles. The number of piperidine rings is 1. The van der Waals surface area contributed by atoms with E-state index in [0.29, 0.717) is 0 Å². The number of fused-ring (bicyclic) bond motifs is 1. The highest BCUT2D eigenvalue weighted by atomic mass is 32.2. The lowest BCUT2D eigenvalue weighted by Gasteiger charge is -2.38. The Bertz CT molecular complexity index is 1570. The largest absolute Gasteiger partial charge is 0.363 e. The number of rotatable bonds is 13. The SMILES string of the molecule is CC(C)[C@H](NC(=O)N[C@H](C(=O)N1C[C@H]2C([C@H]1C(=O)NC(CC1CC1)C(=O)C(N)=O)C2(C)C)C(C)(C)C)C(=O)NS(=O)(=O)c1ccccc1. The Morgan fingerprint density at radius 3 is 2.10 bits per heavy atom. The van der Waals surface area contributed by atoms with Gasteiger partial charge in [-0.3, -0.25) is 24.0 Å². The van der Waals surface area contributed by atoms with Crippen LogP contribution in [-0.4, -0.2) is 79.5 Å². The number of carbonyl (C=O) groups is 6. The molecule has 2 aliphatic carbocycles. The fraction of sp³-hybridized carbons (Fsp3) is 0.636. The Hall–Kier alpha value is -4.01. The maximum Gasteiger partial charge on any atom is 0.316 e. The number of likely N-dealkylation sites (tertiary alicyclic amines) is 1. The number of nitrogens with one attached hydrogen (secondary N) is 4. The molecule has 0 spiro atoms. The van der Waals surface area contributed by atoms with Gasteiger partial charge >= 0.3 is 6.03 Å². The highest BCUT2D eigenvalue weighted by Crippen LogP contribution is 2.65. The number of amides is 6. The van der Waals surface area contributed by atoms with Crippen LogP contribution in [-0.2, 0) is 34.0 Å². The lowest BCUT2D eigenvalue weighted by Crippen LogP contribution is -2.62. The first-order valence-corrected chi connectivity index (χ1v) is 17.8. The number of carbonyl (C=O) groups excluding carboxylic acids is 6. The van der Waals surface area contributed by atoms with Gasteiger partial charge in [0.1, 0.15) is 18.1 Å². The van der Waals surface area contributed by atoms with Crippen molar-refractivity contribution in [2.24, 2.45) is 40.2 Å². The van der Waals surface area contributed by atoms with Crippen LogP contribution in [0.1, 0.15) is 67.7 Å². The van der Waals surface area contributed by atoms with E-state index < -0.39 is 81.0 Å². The van der Waals surface area contributed by atoms with E-state index in [2.05, 4.69) is 16.0 Å². The van der Waals surface area contributed by atoms with Crippen molar-refractivity contribution in [3.05, 3.63) is 30.3 Å². The molecule has 1 aromatic carbocycles. The van der Waals surface area contributed by atoms with Crippen LogP contribution in [0.4, 0.5) is 4.79 Å². The van der Waals surface area contributed by atoms with Crippen LogP contribution in [0.3, 0.4) is 0 Å². The molecule has 3 aliphatic rings. The molecule has 0 radical (unpaired) electrons.